The van der Waals surface area contributed by atoms with E-state index in [2.05, 4.69) is 35.8 Å². The zero-order valence-corrected chi connectivity index (χ0v) is 19.8. The molecule has 0 spiro atoms. The van der Waals surface area contributed by atoms with Crippen LogP contribution in [-0.2, 0) is 24.4 Å². The molecule has 3 rings (SSSR count). The Morgan fingerprint density at radius 3 is 2.38 bits per heavy atom. The molecule has 0 unspecified atom stereocenters. The van der Waals surface area contributed by atoms with Crippen molar-refractivity contribution in [2.75, 3.05) is 13.1 Å². The van der Waals surface area contributed by atoms with Gasteiger partial charge in [-0.1, -0.05) is 42.5 Å². The maximum atomic E-state index is 12.0. The molecule has 1 fully saturated rings. The molecule has 1 heterocycles. The van der Waals surface area contributed by atoms with Crippen molar-refractivity contribution in [3.8, 4) is 5.75 Å². The zero-order valence-electron chi connectivity index (χ0n) is 19.8. The molecule has 2 aromatic rings. The Labute approximate surface area is 192 Å². The number of hydrogen-bond donors (Lipinski definition) is 2. The maximum absolute atomic E-state index is 12.0. The van der Waals surface area contributed by atoms with Crippen LogP contribution in [0.2, 0.25) is 0 Å². The molecule has 0 saturated carbocycles. The van der Waals surface area contributed by atoms with E-state index in [1.807, 2.05) is 56.0 Å². The Bertz CT molecular complexity index is 933. The second-order valence-corrected chi connectivity index (χ2v) is 9.06. The Morgan fingerprint density at radius 2 is 1.72 bits per heavy atom. The van der Waals surface area contributed by atoms with E-state index in [1.54, 1.807) is 0 Å². The van der Waals surface area contributed by atoms with E-state index < -0.39 is 0 Å². The van der Waals surface area contributed by atoms with Crippen LogP contribution in [0.3, 0.4) is 0 Å². The van der Waals surface area contributed by atoms with Crippen LogP contribution in [0, 0.1) is 0 Å². The third kappa shape index (κ3) is 7.01. The summed E-state index contributed by atoms with van der Waals surface area (Å²) in [5.41, 5.74) is 3.14. The molecule has 2 N–H and O–H groups in total. The minimum absolute atomic E-state index is 0.249. The zero-order chi connectivity index (χ0) is 23.0. The van der Waals surface area contributed by atoms with Crippen molar-refractivity contribution < 1.29 is 9.53 Å². The second kappa shape index (κ2) is 11.0. The van der Waals surface area contributed by atoms with E-state index in [9.17, 15) is 4.79 Å². The van der Waals surface area contributed by atoms with Crippen molar-refractivity contribution in [1.82, 2.24) is 15.5 Å². The van der Waals surface area contributed by atoms with Gasteiger partial charge in [0.25, 0.3) is 0 Å². The minimum atomic E-state index is -0.261. The minimum Gasteiger partial charge on any atom is -0.488 e. The summed E-state index contributed by atoms with van der Waals surface area (Å²) in [6.07, 6.45) is 1.62. The molecular formula is C26H36N4O2. The number of guanidine groups is 1. The molecule has 2 aromatic carbocycles. The third-order valence-electron chi connectivity index (χ3n) is 5.24. The van der Waals surface area contributed by atoms with E-state index in [0.29, 0.717) is 26.1 Å². The highest BCUT2D eigenvalue weighted by atomic mass is 16.5. The number of ether oxygens (including phenoxy) is 1. The SMILES string of the molecule is CCNC(=NCc1ccccc1OC(C)(C)C)NCc1ccccc1CN1CCCC1=O. The molecule has 0 aliphatic carbocycles. The molecular weight excluding hydrogens is 400 g/mol. The number of rotatable bonds is 8. The lowest BCUT2D eigenvalue weighted by Crippen LogP contribution is -2.37. The van der Waals surface area contributed by atoms with Crippen LogP contribution in [0.25, 0.3) is 0 Å². The van der Waals surface area contributed by atoms with Crippen LogP contribution < -0.4 is 15.4 Å². The second-order valence-electron chi connectivity index (χ2n) is 9.06. The van der Waals surface area contributed by atoms with E-state index in [0.717, 1.165) is 36.8 Å². The molecule has 6 nitrogen and oxygen atoms in total. The number of hydrogen-bond acceptors (Lipinski definition) is 3. The van der Waals surface area contributed by atoms with Gasteiger partial charge in [-0.25, -0.2) is 4.99 Å². The first-order valence-electron chi connectivity index (χ1n) is 11.5. The van der Waals surface area contributed by atoms with Crippen LogP contribution >= 0.6 is 0 Å². The summed E-state index contributed by atoms with van der Waals surface area (Å²) < 4.78 is 6.10. The van der Waals surface area contributed by atoms with Crippen LogP contribution in [0.4, 0.5) is 0 Å². The monoisotopic (exact) mass is 436 g/mol. The van der Waals surface area contributed by atoms with E-state index in [1.165, 1.54) is 11.1 Å². The molecule has 1 amide bonds. The van der Waals surface area contributed by atoms with Crippen LogP contribution in [0.5, 0.6) is 5.75 Å². The number of carbonyl (C=O) groups is 1. The predicted octanol–water partition coefficient (Wildman–Crippen LogP) is 4.24. The van der Waals surface area contributed by atoms with Gasteiger partial charge in [-0.3, -0.25) is 4.79 Å². The smallest absolute Gasteiger partial charge is 0.222 e. The molecule has 6 heteroatoms. The summed E-state index contributed by atoms with van der Waals surface area (Å²) in [6, 6.07) is 16.3. The summed E-state index contributed by atoms with van der Waals surface area (Å²) in [5, 5.41) is 6.77. The van der Waals surface area contributed by atoms with Crippen LogP contribution in [0.15, 0.2) is 53.5 Å². The first kappa shape index (κ1) is 23.6. The Balaban J connectivity index is 1.68. The number of nitrogens with one attached hydrogen (secondary N) is 2. The van der Waals surface area contributed by atoms with E-state index in [4.69, 9.17) is 9.73 Å². The highest BCUT2D eigenvalue weighted by Gasteiger charge is 2.21. The normalized spacial score (nSPS) is 14.6. The molecule has 32 heavy (non-hydrogen) atoms. The Kier molecular flexibility index (Phi) is 8.14. The molecule has 1 saturated heterocycles. The molecule has 0 aromatic heterocycles. The van der Waals surface area contributed by atoms with Crippen molar-refractivity contribution in [3.05, 3.63) is 65.2 Å². The van der Waals surface area contributed by atoms with Gasteiger partial charge in [0, 0.05) is 38.2 Å². The van der Waals surface area contributed by atoms with Gasteiger partial charge in [0.1, 0.15) is 11.4 Å². The van der Waals surface area contributed by atoms with Crippen LogP contribution in [0.1, 0.15) is 57.2 Å². The van der Waals surface area contributed by atoms with Gasteiger partial charge in [0.15, 0.2) is 5.96 Å². The first-order chi connectivity index (χ1) is 15.4. The number of benzene rings is 2. The highest BCUT2D eigenvalue weighted by molar-refractivity contribution is 5.80. The van der Waals surface area contributed by atoms with Crippen molar-refractivity contribution in [2.24, 2.45) is 4.99 Å². The molecule has 172 valence electrons. The van der Waals surface area contributed by atoms with Gasteiger partial charge in [0.05, 0.1) is 6.54 Å². The van der Waals surface area contributed by atoms with Gasteiger partial charge in [-0.05, 0) is 51.3 Å². The fraction of sp³-hybridized carbons (Fsp3) is 0.462. The summed E-state index contributed by atoms with van der Waals surface area (Å²) in [5.74, 6) is 1.86. The van der Waals surface area contributed by atoms with Gasteiger partial charge in [-0.2, -0.15) is 0 Å². The quantitative estimate of drug-likeness (QED) is 0.480. The predicted molar refractivity (Wildman–Crippen MR) is 130 cm³/mol. The molecule has 0 bridgehead atoms. The number of amides is 1. The largest absolute Gasteiger partial charge is 0.488 e. The topological polar surface area (TPSA) is 66.0 Å². The number of likely N-dealkylation sites (tertiary alicyclic amines) is 1. The lowest BCUT2D eigenvalue weighted by molar-refractivity contribution is -0.128. The summed E-state index contributed by atoms with van der Waals surface area (Å²) in [6.45, 7) is 11.7. The lowest BCUT2D eigenvalue weighted by Gasteiger charge is -2.23. The first-order valence-corrected chi connectivity index (χ1v) is 11.5. The van der Waals surface area contributed by atoms with Gasteiger partial charge >= 0.3 is 0 Å². The summed E-state index contributed by atoms with van der Waals surface area (Å²) in [7, 11) is 0. The number of nitrogens with zero attached hydrogens (tertiary/aromatic N) is 2. The number of para-hydroxylation sites is 1. The Morgan fingerprint density at radius 1 is 1.03 bits per heavy atom. The average Bonchev–Trinajstić information content (AvgIpc) is 3.15. The fourth-order valence-electron chi connectivity index (χ4n) is 3.71. The van der Waals surface area contributed by atoms with Crippen molar-refractivity contribution in [3.63, 3.8) is 0 Å². The van der Waals surface area contributed by atoms with E-state index in [-0.39, 0.29) is 11.5 Å². The maximum Gasteiger partial charge on any atom is 0.222 e. The van der Waals surface area contributed by atoms with Gasteiger partial charge in [-0.15, -0.1) is 0 Å². The average molecular weight is 437 g/mol. The molecule has 0 radical (unpaired) electrons. The van der Waals surface area contributed by atoms with Gasteiger partial charge in [0.2, 0.25) is 5.91 Å². The van der Waals surface area contributed by atoms with Gasteiger partial charge < -0.3 is 20.3 Å². The van der Waals surface area contributed by atoms with Crippen molar-refractivity contribution in [1.29, 1.82) is 0 Å². The number of aliphatic imine (C=N–C) groups is 1. The van der Waals surface area contributed by atoms with E-state index >= 15 is 0 Å². The molecule has 0 atom stereocenters. The van der Waals surface area contributed by atoms with Crippen molar-refractivity contribution >= 4 is 11.9 Å². The molecule has 1 aliphatic heterocycles. The Hall–Kier alpha value is -3.02. The van der Waals surface area contributed by atoms with Crippen LogP contribution in [-0.4, -0.2) is 35.5 Å². The highest BCUT2D eigenvalue weighted by Crippen LogP contribution is 2.23. The standard InChI is InChI=1S/C26H36N4O2/c1-5-27-25(29-18-21-12-8-9-14-23(21)32-26(2,3)4)28-17-20-11-6-7-13-22(20)19-30-16-10-15-24(30)31/h6-9,11-14H,5,10,15-19H2,1-4H3,(H2,27,28,29). The lowest BCUT2D eigenvalue weighted by atomic mass is 10.1. The summed E-state index contributed by atoms with van der Waals surface area (Å²) >= 11 is 0. The molecule has 1 aliphatic rings. The number of carbonyl (C=O) groups excluding carboxylic acids is 1. The van der Waals surface area contributed by atoms with Crippen molar-refractivity contribution in [2.45, 2.75) is 65.8 Å². The fourth-order valence-corrected chi connectivity index (χ4v) is 3.71. The third-order valence-corrected chi connectivity index (χ3v) is 5.24. The summed E-state index contributed by atoms with van der Waals surface area (Å²) in [4.78, 5) is 18.8.